The largest absolute Gasteiger partial charge is 0.493 e. The molecule has 3 rings (SSSR count). The number of unbranched alkanes of at least 4 members (excludes halogenated alkanes) is 1. The molecule has 32 heavy (non-hydrogen) atoms. The maximum Gasteiger partial charge on any atom is 0.173 e. The number of hydrogen-bond acceptors (Lipinski definition) is 4. The van der Waals surface area contributed by atoms with Crippen LogP contribution in [0.15, 0.2) is 42.5 Å². The maximum absolute atomic E-state index is 12.4. The average Bonchev–Trinajstić information content (AvgIpc) is 2.87. The van der Waals surface area contributed by atoms with Gasteiger partial charge >= 0.3 is 0 Å². The average molecular weight is 442 g/mol. The second-order valence-electron chi connectivity index (χ2n) is 7.82. The topological polar surface area (TPSA) is 47.6 Å². The van der Waals surface area contributed by atoms with Crippen molar-refractivity contribution in [1.29, 1.82) is 0 Å². The van der Waals surface area contributed by atoms with E-state index >= 15 is 0 Å². The van der Waals surface area contributed by atoms with Gasteiger partial charge in [0, 0.05) is 13.0 Å². The lowest BCUT2D eigenvalue weighted by atomic mass is 10.0. The van der Waals surface area contributed by atoms with Crippen molar-refractivity contribution in [2.45, 2.75) is 85.3 Å². The molecule has 2 aromatic carbocycles. The number of methoxy groups -OCH3 is 1. The van der Waals surface area contributed by atoms with E-state index in [2.05, 4.69) is 37.4 Å². The van der Waals surface area contributed by atoms with E-state index < -0.39 is 0 Å². The highest BCUT2D eigenvalue weighted by atomic mass is 16.5. The zero-order valence-electron chi connectivity index (χ0n) is 21.0. The van der Waals surface area contributed by atoms with Gasteiger partial charge in [-0.2, -0.15) is 0 Å². The van der Waals surface area contributed by atoms with Crippen LogP contribution in [0.4, 0.5) is 0 Å². The van der Waals surface area contributed by atoms with Crippen molar-refractivity contribution < 1.29 is 14.3 Å². The molecule has 1 aliphatic rings. The summed E-state index contributed by atoms with van der Waals surface area (Å²) in [6.07, 6.45) is 6.26. The highest BCUT2D eigenvalue weighted by Gasteiger charge is 2.24. The van der Waals surface area contributed by atoms with Gasteiger partial charge in [-0.1, -0.05) is 63.6 Å². The lowest BCUT2D eigenvalue weighted by Crippen LogP contribution is -2.27. The smallest absolute Gasteiger partial charge is 0.173 e. The fourth-order valence-corrected chi connectivity index (χ4v) is 3.67. The molecule has 178 valence electrons. The Labute approximate surface area is 195 Å². The zero-order valence-corrected chi connectivity index (χ0v) is 21.0. The van der Waals surface area contributed by atoms with Crippen LogP contribution in [0.5, 0.6) is 11.5 Å². The molecule has 1 aliphatic heterocycles. The Balaban J connectivity index is 0.000000388. The van der Waals surface area contributed by atoms with Gasteiger partial charge in [0.1, 0.15) is 0 Å². The van der Waals surface area contributed by atoms with Gasteiger partial charge in [0.2, 0.25) is 0 Å². The normalized spacial score (nSPS) is 14.8. The van der Waals surface area contributed by atoms with Gasteiger partial charge in [-0.25, -0.2) is 0 Å². The molecule has 2 aromatic rings. The number of ketones is 1. The number of nitrogens with one attached hydrogen (secondary N) is 1. The molecule has 1 atom stereocenters. The number of fused-ring (bicyclic) bond motifs is 2. The summed E-state index contributed by atoms with van der Waals surface area (Å²) in [7, 11) is 3.60. The minimum absolute atomic E-state index is 0.227. The molecular weight excluding hydrogens is 398 g/mol. The lowest BCUT2D eigenvalue weighted by molar-refractivity contribution is -0.126. The molecule has 0 saturated carbocycles. The zero-order chi connectivity index (χ0) is 23.8. The monoisotopic (exact) mass is 441 g/mol. The van der Waals surface area contributed by atoms with Crippen molar-refractivity contribution in [2.75, 3.05) is 14.2 Å². The molecule has 0 spiro atoms. The van der Waals surface area contributed by atoms with Crippen molar-refractivity contribution in [3.63, 3.8) is 0 Å². The van der Waals surface area contributed by atoms with Crippen LogP contribution in [0.3, 0.4) is 0 Å². The van der Waals surface area contributed by atoms with Crippen LogP contribution in [-0.2, 0) is 17.8 Å². The highest BCUT2D eigenvalue weighted by Crippen LogP contribution is 2.36. The molecule has 2 bridgehead atoms. The van der Waals surface area contributed by atoms with E-state index in [4.69, 9.17) is 9.47 Å². The minimum atomic E-state index is -0.322. The number of rotatable bonds is 7. The number of hydrogen-bond donors (Lipinski definition) is 1. The number of ether oxygens (including phenoxy) is 2. The third kappa shape index (κ3) is 9.04. The van der Waals surface area contributed by atoms with E-state index in [1.807, 2.05) is 45.2 Å². The van der Waals surface area contributed by atoms with E-state index in [1.54, 1.807) is 7.11 Å². The molecule has 0 fully saturated rings. The summed E-state index contributed by atoms with van der Waals surface area (Å²) in [5, 5.41) is 3.08. The number of benzene rings is 2. The number of carbonyl (C=O) groups excluding carboxylic acids is 1. The number of Topliss-reactive ketones (excluding diaryl/α,β-unsaturated/α-hetero) is 1. The van der Waals surface area contributed by atoms with Gasteiger partial charge < -0.3 is 14.8 Å². The van der Waals surface area contributed by atoms with Crippen molar-refractivity contribution in [3.05, 3.63) is 59.2 Å². The maximum atomic E-state index is 12.4. The molecule has 1 unspecified atom stereocenters. The SMILES string of the molecule is CC.CCCCC(=O)C1CCCCc2ccc(OC)c(c2C)O1.CNCc1ccccc1. The first-order valence-electron chi connectivity index (χ1n) is 12.1. The number of aryl methyl sites for hydroxylation is 1. The first kappa shape index (κ1) is 27.7. The molecule has 4 heteroatoms. The summed E-state index contributed by atoms with van der Waals surface area (Å²) in [6.45, 7) is 9.13. The van der Waals surface area contributed by atoms with E-state index in [9.17, 15) is 4.79 Å². The van der Waals surface area contributed by atoms with Crippen LogP contribution >= 0.6 is 0 Å². The fourth-order valence-electron chi connectivity index (χ4n) is 3.67. The summed E-state index contributed by atoms with van der Waals surface area (Å²) in [5.74, 6) is 1.71. The Morgan fingerprint density at radius 3 is 2.47 bits per heavy atom. The Hall–Kier alpha value is -2.33. The van der Waals surface area contributed by atoms with Gasteiger partial charge in [-0.05, 0) is 68.8 Å². The molecule has 0 saturated heterocycles. The van der Waals surface area contributed by atoms with Gasteiger partial charge in [0.15, 0.2) is 23.4 Å². The minimum Gasteiger partial charge on any atom is -0.493 e. The third-order valence-electron chi connectivity index (χ3n) is 5.48. The first-order valence-corrected chi connectivity index (χ1v) is 12.1. The predicted molar refractivity (Wildman–Crippen MR) is 135 cm³/mol. The van der Waals surface area contributed by atoms with Crippen LogP contribution in [-0.4, -0.2) is 26.0 Å². The summed E-state index contributed by atoms with van der Waals surface area (Å²) < 4.78 is 11.5. The van der Waals surface area contributed by atoms with Gasteiger partial charge in [-0.15, -0.1) is 0 Å². The molecule has 1 heterocycles. The highest BCUT2D eigenvalue weighted by molar-refractivity contribution is 5.83. The molecule has 0 amide bonds. The van der Waals surface area contributed by atoms with Crippen LogP contribution in [0.2, 0.25) is 0 Å². The third-order valence-corrected chi connectivity index (χ3v) is 5.48. The second-order valence-corrected chi connectivity index (χ2v) is 7.82. The lowest BCUT2D eigenvalue weighted by Gasteiger charge is -2.21. The van der Waals surface area contributed by atoms with Crippen molar-refractivity contribution in [3.8, 4) is 11.5 Å². The van der Waals surface area contributed by atoms with Crippen molar-refractivity contribution in [1.82, 2.24) is 5.32 Å². The van der Waals surface area contributed by atoms with Crippen molar-refractivity contribution in [2.24, 2.45) is 0 Å². The molecular formula is C28H43NO3. The predicted octanol–water partition coefficient (Wildman–Crippen LogP) is 6.67. The second kappa shape index (κ2) is 16.3. The van der Waals surface area contributed by atoms with Crippen LogP contribution in [0, 0.1) is 6.92 Å². The van der Waals surface area contributed by atoms with E-state index in [0.29, 0.717) is 6.42 Å². The van der Waals surface area contributed by atoms with Gasteiger partial charge in [0.25, 0.3) is 0 Å². The first-order chi connectivity index (χ1) is 15.6. The Bertz CT molecular complexity index is 774. The summed E-state index contributed by atoms with van der Waals surface area (Å²) in [6, 6.07) is 14.4. The van der Waals surface area contributed by atoms with Crippen molar-refractivity contribution >= 4 is 5.78 Å². The van der Waals surface area contributed by atoms with Crippen LogP contribution in [0.25, 0.3) is 0 Å². The van der Waals surface area contributed by atoms with E-state index in [-0.39, 0.29) is 11.9 Å². The molecule has 1 N–H and O–H groups in total. The van der Waals surface area contributed by atoms with Gasteiger partial charge in [-0.3, -0.25) is 4.79 Å². The molecule has 4 nitrogen and oxygen atoms in total. The molecule has 0 aromatic heterocycles. The summed E-state index contributed by atoms with van der Waals surface area (Å²) in [4.78, 5) is 12.4. The fraction of sp³-hybridized carbons (Fsp3) is 0.536. The standard InChI is InChI=1S/C18H26O3.C8H11N.C2H6/c1-4-5-9-15(19)16-10-7-6-8-14-11-12-17(20-3)18(21-16)13(14)2;1-9-7-8-5-3-2-4-6-8;1-2/h11-12,16H,4-10H2,1-3H3;2-6,9H,7H2,1H3;1-2H3. The summed E-state index contributed by atoms with van der Waals surface area (Å²) in [5.41, 5.74) is 3.75. The molecule has 0 radical (unpaired) electrons. The Morgan fingerprint density at radius 2 is 1.84 bits per heavy atom. The quantitative estimate of drug-likeness (QED) is 0.521. The van der Waals surface area contributed by atoms with Gasteiger partial charge in [0.05, 0.1) is 7.11 Å². The van der Waals surface area contributed by atoms with E-state index in [0.717, 1.165) is 62.1 Å². The number of carbonyl (C=O) groups is 1. The Morgan fingerprint density at radius 1 is 1.12 bits per heavy atom. The summed E-state index contributed by atoms with van der Waals surface area (Å²) >= 11 is 0. The Kier molecular flexibility index (Phi) is 14.1. The van der Waals surface area contributed by atoms with E-state index in [1.165, 1.54) is 11.1 Å². The molecule has 0 aliphatic carbocycles. The van der Waals surface area contributed by atoms with Crippen LogP contribution in [0.1, 0.15) is 76.0 Å². The van der Waals surface area contributed by atoms with Crippen LogP contribution < -0.4 is 14.8 Å².